The zero-order chi connectivity index (χ0) is 11.7. The second kappa shape index (κ2) is 4.05. The van der Waals surface area contributed by atoms with Gasteiger partial charge in [-0.2, -0.15) is 0 Å². The normalized spacial score (nSPS) is 17.8. The van der Waals surface area contributed by atoms with E-state index in [0.29, 0.717) is 6.42 Å². The highest BCUT2D eigenvalue weighted by Gasteiger charge is 2.39. The van der Waals surface area contributed by atoms with E-state index in [4.69, 9.17) is 0 Å². The van der Waals surface area contributed by atoms with Gasteiger partial charge in [0.2, 0.25) is 0 Å². The molecule has 0 spiro atoms. The number of amides is 4. The summed E-state index contributed by atoms with van der Waals surface area (Å²) in [6.45, 7) is 1.75. The lowest BCUT2D eigenvalue weighted by Crippen LogP contribution is -2.40. The first-order chi connectivity index (χ1) is 7.59. The average Bonchev–Trinajstić information content (AvgIpc) is 2.77. The molecule has 1 aromatic heterocycles. The minimum atomic E-state index is -0.844. The molecule has 0 saturated carbocycles. The largest absolute Gasteiger partial charge is 0.331 e. The van der Waals surface area contributed by atoms with Crippen LogP contribution in [0.25, 0.3) is 0 Å². The lowest BCUT2D eigenvalue weighted by atomic mass is 10.2. The predicted molar refractivity (Wildman–Crippen MR) is 57.9 cm³/mol. The fourth-order valence-electron chi connectivity index (χ4n) is 1.62. The van der Waals surface area contributed by atoms with Gasteiger partial charge in [0.1, 0.15) is 0 Å². The van der Waals surface area contributed by atoms with Crippen LogP contribution in [0.3, 0.4) is 0 Å². The highest BCUT2D eigenvalue weighted by molar-refractivity contribution is 7.09. The van der Waals surface area contributed by atoms with E-state index in [2.05, 4.69) is 0 Å². The molecule has 1 unspecified atom stereocenters. The molecule has 16 heavy (non-hydrogen) atoms. The molecule has 84 valence electrons. The molecule has 2 heterocycles. The van der Waals surface area contributed by atoms with Crippen molar-refractivity contribution in [2.45, 2.75) is 19.4 Å². The minimum Gasteiger partial charge on any atom is -0.269 e. The van der Waals surface area contributed by atoms with Crippen molar-refractivity contribution < 1.29 is 14.4 Å². The summed E-state index contributed by atoms with van der Waals surface area (Å²) in [7, 11) is 0. The van der Waals surface area contributed by atoms with Crippen molar-refractivity contribution in [3.8, 4) is 0 Å². The molecule has 0 aliphatic carbocycles. The summed E-state index contributed by atoms with van der Waals surface area (Å²) in [6.07, 6.45) is 0.574. The van der Waals surface area contributed by atoms with Gasteiger partial charge in [0, 0.05) is 17.3 Å². The molecule has 1 fully saturated rings. The van der Waals surface area contributed by atoms with Crippen LogP contribution >= 0.6 is 11.3 Å². The summed E-state index contributed by atoms with van der Waals surface area (Å²) in [5.41, 5.74) is 0. The lowest BCUT2D eigenvalue weighted by molar-refractivity contribution is -0.140. The zero-order valence-corrected chi connectivity index (χ0v) is 9.41. The van der Waals surface area contributed by atoms with E-state index in [-0.39, 0.29) is 6.04 Å². The molecule has 1 aliphatic rings. The minimum absolute atomic E-state index is 0.308. The maximum absolute atomic E-state index is 11.4. The first-order valence-electron chi connectivity index (χ1n) is 4.80. The first kappa shape index (κ1) is 10.8. The van der Waals surface area contributed by atoms with E-state index in [1.165, 1.54) is 0 Å². The number of nitrogens with one attached hydrogen (secondary N) is 1. The second-order valence-electron chi connectivity index (χ2n) is 3.57. The maximum Gasteiger partial charge on any atom is 0.331 e. The summed E-state index contributed by atoms with van der Waals surface area (Å²) in [6, 6.07) is 2.90. The second-order valence-corrected chi connectivity index (χ2v) is 4.60. The summed E-state index contributed by atoms with van der Waals surface area (Å²) in [5, 5.41) is 3.91. The van der Waals surface area contributed by atoms with Crippen molar-refractivity contribution in [2.75, 3.05) is 0 Å². The van der Waals surface area contributed by atoms with Crippen molar-refractivity contribution >= 4 is 29.2 Å². The van der Waals surface area contributed by atoms with Crippen LogP contribution < -0.4 is 5.32 Å². The fourth-order valence-corrected chi connectivity index (χ4v) is 2.45. The number of hydrogen-bond donors (Lipinski definition) is 1. The molecule has 2 rings (SSSR count). The monoisotopic (exact) mass is 238 g/mol. The molecule has 0 bridgehead atoms. The Morgan fingerprint density at radius 2 is 2.19 bits per heavy atom. The van der Waals surface area contributed by atoms with Gasteiger partial charge in [-0.05, 0) is 18.4 Å². The Balaban J connectivity index is 2.10. The van der Waals surface area contributed by atoms with Crippen LogP contribution in [0.4, 0.5) is 4.79 Å². The topological polar surface area (TPSA) is 66.5 Å². The Kier molecular flexibility index (Phi) is 2.74. The van der Waals surface area contributed by atoms with Crippen molar-refractivity contribution in [1.82, 2.24) is 10.2 Å². The summed E-state index contributed by atoms with van der Waals surface area (Å²) in [5.74, 6) is -1.61. The van der Waals surface area contributed by atoms with Crippen LogP contribution in [0.2, 0.25) is 0 Å². The third-order valence-corrected chi connectivity index (χ3v) is 3.27. The van der Waals surface area contributed by atoms with Gasteiger partial charge in [-0.15, -0.1) is 11.3 Å². The van der Waals surface area contributed by atoms with Crippen molar-refractivity contribution in [3.63, 3.8) is 0 Å². The number of thiophene rings is 1. The highest BCUT2D eigenvalue weighted by Crippen LogP contribution is 2.16. The summed E-state index contributed by atoms with van der Waals surface area (Å²) >= 11 is 1.56. The van der Waals surface area contributed by atoms with Crippen molar-refractivity contribution in [3.05, 3.63) is 22.4 Å². The van der Waals surface area contributed by atoms with Gasteiger partial charge in [-0.3, -0.25) is 19.8 Å². The Bertz CT molecular complexity index is 441. The molecule has 0 radical (unpaired) electrons. The van der Waals surface area contributed by atoms with Gasteiger partial charge in [-0.25, -0.2) is 4.79 Å². The molecular formula is C10H10N2O3S. The number of nitrogens with zero attached hydrogens (tertiary/aromatic N) is 1. The van der Waals surface area contributed by atoms with Crippen molar-refractivity contribution in [1.29, 1.82) is 0 Å². The third-order valence-electron chi connectivity index (χ3n) is 2.37. The molecular weight excluding hydrogens is 228 g/mol. The van der Waals surface area contributed by atoms with Crippen LogP contribution in [-0.2, 0) is 16.0 Å². The van der Waals surface area contributed by atoms with Gasteiger partial charge in [0.05, 0.1) is 0 Å². The third kappa shape index (κ3) is 1.83. The summed E-state index contributed by atoms with van der Waals surface area (Å²) in [4.78, 5) is 35.8. The molecule has 1 saturated heterocycles. The number of carbonyl (C=O) groups is 3. The Labute approximate surface area is 96.0 Å². The SMILES string of the molecule is CC(Cc1cccs1)N1C(=O)NC(=O)C1=O. The lowest BCUT2D eigenvalue weighted by Gasteiger charge is -2.19. The van der Waals surface area contributed by atoms with Gasteiger partial charge in [0.15, 0.2) is 0 Å². The number of rotatable bonds is 3. The summed E-state index contributed by atoms with van der Waals surface area (Å²) < 4.78 is 0. The van der Waals surface area contributed by atoms with E-state index in [1.54, 1.807) is 18.3 Å². The quantitative estimate of drug-likeness (QED) is 0.624. The van der Waals surface area contributed by atoms with Crippen LogP contribution in [-0.4, -0.2) is 28.8 Å². The first-order valence-corrected chi connectivity index (χ1v) is 5.68. The van der Waals surface area contributed by atoms with E-state index < -0.39 is 17.8 Å². The molecule has 1 aliphatic heterocycles. The molecule has 0 aromatic carbocycles. The molecule has 4 amide bonds. The molecule has 1 N–H and O–H groups in total. The molecule has 1 aromatic rings. The predicted octanol–water partition coefficient (Wildman–Crippen LogP) is 0.758. The van der Waals surface area contributed by atoms with Gasteiger partial charge >= 0.3 is 17.8 Å². The molecule has 1 atom stereocenters. The number of urea groups is 1. The van der Waals surface area contributed by atoms with Gasteiger partial charge < -0.3 is 0 Å². The number of imide groups is 2. The van der Waals surface area contributed by atoms with E-state index in [0.717, 1.165) is 9.78 Å². The Hall–Kier alpha value is -1.69. The van der Waals surface area contributed by atoms with E-state index in [1.807, 2.05) is 22.8 Å². The van der Waals surface area contributed by atoms with Crippen LogP contribution in [0.15, 0.2) is 17.5 Å². The van der Waals surface area contributed by atoms with E-state index >= 15 is 0 Å². The zero-order valence-electron chi connectivity index (χ0n) is 8.60. The Morgan fingerprint density at radius 3 is 2.69 bits per heavy atom. The van der Waals surface area contributed by atoms with Crippen LogP contribution in [0.5, 0.6) is 0 Å². The van der Waals surface area contributed by atoms with Gasteiger partial charge in [0.25, 0.3) is 0 Å². The van der Waals surface area contributed by atoms with E-state index in [9.17, 15) is 14.4 Å². The standard InChI is InChI=1S/C10H10N2O3S/c1-6(5-7-3-2-4-16-7)12-9(14)8(13)11-10(12)15/h2-4,6H,5H2,1H3,(H,11,13,15). The maximum atomic E-state index is 11.4. The number of hydrogen-bond acceptors (Lipinski definition) is 4. The molecule has 6 heteroatoms. The average molecular weight is 238 g/mol. The Morgan fingerprint density at radius 1 is 1.44 bits per heavy atom. The van der Waals surface area contributed by atoms with Crippen molar-refractivity contribution in [2.24, 2.45) is 0 Å². The molecule has 5 nitrogen and oxygen atoms in total. The smallest absolute Gasteiger partial charge is 0.269 e. The number of carbonyl (C=O) groups excluding carboxylic acids is 3. The van der Waals surface area contributed by atoms with Crippen LogP contribution in [0, 0.1) is 0 Å². The van der Waals surface area contributed by atoms with Crippen LogP contribution in [0.1, 0.15) is 11.8 Å². The fraction of sp³-hybridized carbons (Fsp3) is 0.300. The highest BCUT2D eigenvalue weighted by atomic mass is 32.1. The van der Waals surface area contributed by atoms with Gasteiger partial charge in [-0.1, -0.05) is 6.07 Å².